The van der Waals surface area contributed by atoms with Crippen LogP contribution in [0.4, 0.5) is 0 Å². The summed E-state index contributed by atoms with van der Waals surface area (Å²) in [5.74, 6) is 0.922. The van der Waals surface area contributed by atoms with Crippen molar-refractivity contribution >= 4 is 0 Å². The Labute approximate surface area is 105 Å². The average Bonchev–Trinajstić information content (AvgIpc) is 2.34. The minimum absolute atomic E-state index is 0.0211. The van der Waals surface area contributed by atoms with Gasteiger partial charge in [0.25, 0.3) is 0 Å². The highest BCUT2D eigenvalue weighted by Gasteiger charge is 2.31. The number of hydrogen-bond donors (Lipinski definition) is 1. The molecule has 0 aliphatic heterocycles. The van der Waals surface area contributed by atoms with Crippen LogP contribution in [0.25, 0.3) is 0 Å². The lowest BCUT2D eigenvalue weighted by Gasteiger charge is -2.37. The van der Waals surface area contributed by atoms with Crippen LogP contribution in [-0.4, -0.2) is 10.5 Å². The SMILES string of the molecule is CCCC1CCC(N)(Cc2cccnc2)CC1. The van der Waals surface area contributed by atoms with Gasteiger partial charge in [-0.25, -0.2) is 0 Å². The molecule has 0 saturated heterocycles. The first-order valence-electron chi connectivity index (χ1n) is 6.90. The maximum Gasteiger partial charge on any atom is 0.0300 e. The van der Waals surface area contributed by atoms with Crippen molar-refractivity contribution in [2.45, 2.75) is 57.4 Å². The first-order valence-corrected chi connectivity index (χ1v) is 6.90. The number of aromatic nitrogens is 1. The molecule has 1 saturated carbocycles. The number of pyridine rings is 1. The highest BCUT2D eigenvalue weighted by Crippen LogP contribution is 2.34. The summed E-state index contributed by atoms with van der Waals surface area (Å²) in [4.78, 5) is 4.17. The third-order valence-corrected chi connectivity index (χ3v) is 4.08. The minimum Gasteiger partial charge on any atom is -0.325 e. The highest BCUT2D eigenvalue weighted by molar-refractivity contribution is 5.13. The third-order valence-electron chi connectivity index (χ3n) is 4.08. The van der Waals surface area contributed by atoms with Crippen LogP contribution in [0.2, 0.25) is 0 Å². The van der Waals surface area contributed by atoms with Gasteiger partial charge >= 0.3 is 0 Å². The van der Waals surface area contributed by atoms with Crippen LogP contribution in [0, 0.1) is 5.92 Å². The van der Waals surface area contributed by atoms with Gasteiger partial charge in [0.15, 0.2) is 0 Å². The van der Waals surface area contributed by atoms with Crippen LogP contribution in [0.5, 0.6) is 0 Å². The lowest BCUT2D eigenvalue weighted by atomic mass is 9.73. The van der Waals surface area contributed by atoms with E-state index in [0.29, 0.717) is 0 Å². The van der Waals surface area contributed by atoms with E-state index in [1.54, 1.807) is 0 Å². The van der Waals surface area contributed by atoms with Gasteiger partial charge < -0.3 is 5.73 Å². The molecule has 0 aromatic carbocycles. The zero-order chi connectivity index (χ0) is 12.1. The molecule has 2 nitrogen and oxygen atoms in total. The maximum absolute atomic E-state index is 6.52. The Balaban J connectivity index is 1.89. The van der Waals surface area contributed by atoms with Gasteiger partial charge in [-0.05, 0) is 49.7 Å². The molecule has 0 unspecified atom stereocenters. The zero-order valence-corrected chi connectivity index (χ0v) is 10.9. The van der Waals surface area contributed by atoms with Crippen molar-refractivity contribution in [3.63, 3.8) is 0 Å². The highest BCUT2D eigenvalue weighted by atomic mass is 14.7. The average molecular weight is 232 g/mol. The van der Waals surface area contributed by atoms with Crippen molar-refractivity contribution in [1.82, 2.24) is 4.98 Å². The zero-order valence-electron chi connectivity index (χ0n) is 10.9. The summed E-state index contributed by atoms with van der Waals surface area (Å²) in [5, 5.41) is 0. The van der Waals surface area contributed by atoms with Gasteiger partial charge in [0.05, 0.1) is 0 Å². The summed E-state index contributed by atoms with van der Waals surface area (Å²) in [6.45, 7) is 2.28. The number of nitrogens with two attached hydrogens (primary N) is 1. The summed E-state index contributed by atoms with van der Waals surface area (Å²) < 4.78 is 0. The van der Waals surface area contributed by atoms with Gasteiger partial charge in [0, 0.05) is 17.9 Å². The summed E-state index contributed by atoms with van der Waals surface area (Å²) in [5.41, 5.74) is 7.82. The first-order chi connectivity index (χ1) is 8.22. The fraction of sp³-hybridized carbons (Fsp3) is 0.667. The maximum atomic E-state index is 6.52. The predicted octanol–water partition coefficient (Wildman–Crippen LogP) is 3.31. The number of rotatable bonds is 4. The van der Waals surface area contributed by atoms with E-state index in [4.69, 9.17) is 5.73 Å². The summed E-state index contributed by atoms with van der Waals surface area (Å²) in [6.07, 6.45) is 12.4. The second kappa shape index (κ2) is 5.63. The van der Waals surface area contributed by atoms with Crippen molar-refractivity contribution in [3.8, 4) is 0 Å². The van der Waals surface area contributed by atoms with Crippen molar-refractivity contribution in [2.24, 2.45) is 11.7 Å². The van der Waals surface area contributed by atoms with Crippen molar-refractivity contribution in [1.29, 1.82) is 0 Å². The molecule has 0 spiro atoms. The Morgan fingerprint density at radius 2 is 2.18 bits per heavy atom. The van der Waals surface area contributed by atoms with Crippen LogP contribution >= 0.6 is 0 Å². The quantitative estimate of drug-likeness (QED) is 0.865. The number of nitrogens with zero attached hydrogens (tertiary/aromatic N) is 1. The molecule has 0 bridgehead atoms. The van der Waals surface area contributed by atoms with Gasteiger partial charge in [0.1, 0.15) is 0 Å². The fourth-order valence-corrected chi connectivity index (χ4v) is 3.04. The van der Waals surface area contributed by atoms with Gasteiger partial charge in [-0.3, -0.25) is 4.98 Å². The Morgan fingerprint density at radius 3 is 2.76 bits per heavy atom. The Kier molecular flexibility index (Phi) is 4.16. The molecule has 1 aromatic rings. The predicted molar refractivity (Wildman–Crippen MR) is 71.7 cm³/mol. The second-order valence-electron chi connectivity index (χ2n) is 5.63. The first kappa shape index (κ1) is 12.6. The fourth-order valence-electron chi connectivity index (χ4n) is 3.04. The molecule has 2 N–H and O–H groups in total. The minimum atomic E-state index is 0.0211. The Hall–Kier alpha value is -0.890. The topological polar surface area (TPSA) is 38.9 Å². The van der Waals surface area contributed by atoms with E-state index in [1.807, 2.05) is 18.5 Å². The molecule has 1 fully saturated rings. The molecular weight excluding hydrogens is 208 g/mol. The molecule has 2 heteroatoms. The van der Waals surface area contributed by atoms with E-state index in [0.717, 1.165) is 12.3 Å². The molecule has 1 aliphatic carbocycles. The van der Waals surface area contributed by atoms with E-state index >= 15 is 0 Å². The summed E-state index contributed by atoms with van der Waals surface area (Å²) in [7, 11) is 0. The van der Waals surface area contributed by atoms with Gasteiger partial charge in [-0.2, -0.15) is 0 Å². The smallest absolute Gasteiger partial charge is 0.0300 e. The largest absolute Gasteiger partial charge is 0.325 e. The van der Waals surface area contributed by atoms with Crippen LogP contribution < -0.4 is 5.73 Å². The van der Waals surface area contributed by atoms with Gasteiger partial charge in [-0.15, -0.1) is 0 Å². The summed E-state index contributed by atoms with van der Waals surface area (Å²) >= 11 is 0. The van der Waals surface area contributed by atoms with Crippen LogP contribution in [0.3, 0.4) is 0 Å². The molecule has 1 aromatic heterocycles. The van der Waals surface area contributed by atoms with E-state index < -0.39 is 0 Å². The molecule has 0 amide bonds. The van der Waals surface area contributed by atoms with Gasteiger partial charge in [-0.1, -0.05) is 25.8 Å². The Bertz CT molecular complexity index is 326. The lowest BCUT2D eigenvalue weighted by molar-refractivity contribution is 0.223. The van der Waals surface area contributed by atoms with E-state index in [1.165, 1.54) is 44.1 Å². The molecule has 17 heavy (non-hydrogen) atoms. The van der Waals surface area contributed by atoms with Crippen molar-refractivity contribution < 1.29 is 0 Å². The van der Waals surface area contributed by atoms with E-state index in [9.17, 15) is 0 Å². The third kappa shape index (κ3) is 3.53. The molecule has 94 valence electrons. The standard InChI is InChI=1S/C15H24N2/c1-2-4-13-6-8-15(16,9-7-13)11-14-5-3-10-17-12-14/h3,5,10,12-13H,2,4,6-9,11,16H2,1H3. The Morgan fingerprint density at radius 1 is 1.41 bits per heavy atom. The molecule has 0 atom stereocenters. The monoisotopic (exact) mass is 232 g/mol. The van der Waals surface area contributed by atoms with Crippen molar-refractivity contribution in [3.05, 3.63) is 30.1 Å². The van der Waals surface area contributed by atoms with E-state index in [-0.39, 0.29) is 5.54 Å². The second-order valence-corrected chi connectivity index (χ2v) is 5.63. The van der Waals surface area contributed by atoms with Crippen LogP contribution in [-0.2, 0) is 6.42 Å². The van der Waals surface area contributed by atoms with Crippen molar-refractivity contribution in [2.75, 3.05) is 0 Å². The molecular formula is C15H24N2. The van der Waals surface area contributed by atoms with E-state index in [2.05, 4.69) is 18.0 Å². The molecule has 0 radical (unpaired) electrons. The molecule has 1 heterocycles. The van der Waals surface area contributed by atoms with Crippen LogP contribution in [0.1, 0.15) is 51.0 Å². The molecule has 1 aliphatic rings. The molecule has 2 rings (SSSR count). The lowest BCUT2D eigenvalue weighted by Crippen LogP contribution is -2.45. The van der Waals surface area contributed by atoms with Gasteiger partial charge in [0.2, 0.25) is 0 Å². The normalized spacial score (nSPS) is 29.2. The van der Waals surface area contributed by atoms with Crippen LogP contribution in [0.15, 0.2) is 24.5 Å². The number of hydrogen-bond acceptors (Lipinski definition) is 2. The summed E-state index contributed by atoms with van der Waals surface area (Å²) in [6, 6.07) is 4.14.